The lowest BCUT2D eigenvalue weighted by atomic mass is 10.0. The zero-order valence-electron chi connectivity index (χ0n) is 38.0. The molecule has 0 aliphatic rings. The number of allylic oxidation sites excluding steroid dienone is 4. The molecule has 13 rings (SSSR count). The Balaban J connectivity index is 0.906. The molecule has 0 spiro atoms. The largest absolute Gasteiger partial charge is 0.398 e. The SMILES string of the molecule is C=C(/C=C\C=C(/N)c1cccc(-n2c3ccccc3c3c2ccc2c4ccccc4n(-c4nc(-c5ccccc5)nc(-c5ccccc5)n4)c23)c1)c1ccc2c(c1)c1ccccc1n2-c1ccccc1. The Morgan fingerprint density at radius 1 is 0.414 bits per heavy atom. The number of nitrogens with two attached hydrogens (primary N) is 1. The van der Waals surface area contributed by atoms with Crippen molar-refractivity contribution < 1.29 is 0 Å². The highest BCUT2D eigenvalue weighted by Crippen LogP contribution is 2.42. The van der Waals surface area contributed by atoms with Crippen LogP contribution in [0.3, 0.4) is 0 Å². The topological polar surface area (TPSA) is 79.5 Å². The average molecular weight is 898 g/mol. The molecule has 0 saturated carbocycles. The molecule has 70 heavy (non-hydrogen) atoms. The number of rotatable bonds is 9. The zero-order valence-corrected chi connectivity index (χ0v) is 38.0. The van der Waals surface area contributed by atoms with Crippen LogP contribution in [-0.4, -0.2) is 28.7 Å². The quantitative estimate of drug-likeness (QED) is 0.146. The van der Waals surface area contributed by atoms with Crippen molar-refractivity contribution in [3.63, 3.8) is 0 Å². The van der Waals surface area contributed by atoms with Gasteiger partial charge in [0.15, 0.2) is 11.6 Å². The highest BCUT2D eigenvalue weighted by atomic mass is 15.2. The van der Waals surface area contributed by atoms with Crippen molar-refractivity contribution in [2.45, 2.75) is 0 Å². The summed E-state index contributed by atoms with van der Waals surface area (Å²) in [6, 6.07) is 76.0. The summed E-state index contributed by atoms with van der Waals surface area (Å²) >= 11 is 0. The summed E-state index contributed by atoms with van der Waals surface area (Å²) < 4.78 is 6.89. The first-order valence-corrected chi connectivity index (χ1v) is 23.4. The zero-order chi connectivity index (χ0) is 46.7. The van der Waals surface area contributed by atoms with E-state index in [1.807, 2.05) is 78.9 Å². The lowest BCUT2D eigenvalue weighted by molar-refractivity contribution is 0.955. The van der Waals surface area contributed by atoms with Crippen molar-refractivity contribution in [2.24, 2.45) is 5.73 Å². The molecule has 0 fully saturated rings. The third-order valence-corrected chi connectivity index (χ3v) is 13.4. The molecule has 0 unspecified atom stereocenters. The van der Waals surface area contributed by atoms with E-state index in [9.17, 15) is 0 Å². The second kappa shape index (κ2) is 16.6. The molecule has 0 saturated heterocycles. The Morgan fingerprint density at radius 2 is 0.943 bits per heavy atom. The molecule has 13 aromatic rings. The van der Waals surface area contributed by atoms with Crippen molar-refractivity contribution in [1.29, 1.82) is 0 Å². The monoisotopic (exact) mass is 897 g/mol. The maximum absolute atomic E-state index is 6.92. The summed E-state index contributed by atoms with van der Waals surface area (Å²) in [6.07, 6.45) is 5.98. The third-order valence-electron chi connectivity index (χ3n) is 13.4. The molecular formula is C63H43N7. The van der Waals surface area contributed by atoms with Crippen LogP contribution in [0.15, 0.2) is 243 Å². The van der Waals surface area contributed by atoms with Crippen LogP contribution in [0.4, 0.5) is 0 Å². The number of hydrogen-bond donors (Lipinski definition) is 1. The number of hydrogen-bond acceptors (Lipinski definition) is 4. The van der Waals surface area contributed by atoms with Crippen LogP contribution >= 0.6 is 0 Å². The van der Waals surface area contributed by atoms with Crippen molar-refractivity contribution >= 4 is 76.7 Å². The van der Waals surface area contributed by atoms with Crippen LogP contribution in [-0.2, 0) is 0 Å². The number of para-hydroxylation sites is 4. The first kappa shape index (κ1) is 40.7. The summed E-state index contributed by atoms with van der Waals surface area (Å²) in [7, 11) is 0. The van der Waals surface area contributed by atoms with E-state index >= 15 is 0 Å². The van der Waals surface area contributed by atoms with Gasteiger partial charge in [0.1, 0.15) is 0 Å². The fourth-order valence-electron chi connectivity index (χ4n) is 10.2. The molecule has 7 nitrogen and oxygen atoms in total. The molecule has 0 amide bonds. The van der Waals surface area contributed by atoms with Gasteiger partial charge in [-0.05, 0) is 83.4 Å². The maximum atomic E-state index is 6.92. The van der Waals surface area contributed by atoms with Gasteiger partial charge in [-0.2, -0.15) is 9.97 Å². The van der Waals surface area contributed by atoms with E-state index in [0.29, 0.717) is 23.3 Å². The molecule has 7 heteroatoms. The van der Waals surface area contributed by atoms with Crippen LogP contribution in [0, 0.1) is 0 Å². The third kappa shape index (κ3) is 6.71. The predicted octanol–water partition coefficient (Wildman–Crippen LogP) is 15.1. The molecule has 0 atom stereocenters. The minimum atomic E-state index is 0.551. The fraction of sp³-hybridized carbons (Fsp3) is 0. The second-order valence-corrected chi connectivity index (χ2v) is 17.6. The van der Waals surface area contributed by atoms with Gasteiger partial charge >= 0.3 is 0 Å². The van der Waals surface area contributed by atoms with Gasteiger partial charge in [-0.25, -0.2) is 4.98 Å². The maximum Gasteiger partial charge on any atom is 0.238 e. The lowest BCUT2D eigenvalue weighted by Crippen LogP contribution is -2.06. The summed E-state index contributed by atoms with van der Waals surface area (Å²) in [5.74, 6) is 1.77. The van der Waals surface area contributed by atoms with Gasteiger partial charge in [0.25, 0.3) is 0 Å². The van der Waals surface area contributed by atoms with Gasteiger partial charge in [0.2, 0.25) is 5.95 Å². The van der Waals surface area contributed by atoms with Crippen LogP contribution in [0.5, 0.6) is 0 Å². The average Bonchev–Trinajstić information content (AvgIpc) is 4.07. The standard InChI is InChI=1S/C63H43N7/c1-41(44-35-37-57-52(40-44)49-29-12-14-32-54(49)68(57)46-25-9-4-10-26-46)19-17-31-53(64)45-24-18-27-47(39-45)69-56-34-16-13-30-51(56)59-58(69)38-36-50-48-28-11-15-33-55(48)70(60(50)59)63-66-61(42-20-5-2-6-21-42)65-62(67-63)43-22-7-3-8-23-43/h2-40H,1,64H2/b19-17-,53-31-. The molecule has 0 radical (unpaired) electrons. The Morgan fingerprint density at radius 3 is 1.63 bits per heavy atom. The van der Waals surface area contributed by atoms with Crippen molar-refractivity contribution in [3.8, 4) is 40.1 Å². The van der Waals surface area contributed by atoms with Crippen molar-refractivity contribution in [2.75, 3.05) is 0 Å². The van der Waals surface area contributed by atoms with Crippen LogP contribution in [0.1, 0.15) is 11.1 Å². The normalized spacial score (nSPS) is 12.1. The molecule has 2 N–H and O–H groups in total. The molecule has 0 bridgehead atoms. The summed E-state index contributed by atoms with van der Waals surface area (Å²) in [5.41, 5.74) is 20.9. The van der Waals surface area contributed by atoms with Crippen LogP contribution in [0.2, 0.25) is 0 Å². The van der Waals surface area contributed by atoms with Crippen LogP contribution in [0.25, 0.3) is 117 Å². The van der Waals surface area contributed by atoms with E-state index in [4.69, 9.17) is 20.7 Å². The molecule has 9 aromatic carbocycles. The highest BCUT2D eigenvalue weighted by molar-refractivity contribution is 6.26. The minimum Gasteiger partial charge on any atom is -0.398 e. The van der Waals surface area contributed by atoms with Gasteiger partial charge in [-0.1, -0.05) is 176 Å². The minimum absolute atomic E-state index is 0.551. The van der Waals surface area contributed by atoms with E-state index in [0.717, 1.165) is 88.3 Å². The van der Waals surface area contributed by atoms with E-state index < -0.39 is 0 Å². The van der Waals surface area contributed by atoms with Crippen LogP contribution < -0.4 is 5.73 Å². The smallest absolute Gasteiger partial charge is 0.238 e. The second-order valence-electron chi connectivity index (χ2n) is 17.6. The molecule has 4 aromatic heterocycles. The van der Waals surface area contributed by atoms with E-state index in [2.05, 4.69) is 178 Å². The van der Waals surface area contributed by atoms with Gasteiger partial charge in [-0.3, -0.25) is 4.57 Å². The van der Waals surface area contributed by atoms with Gasteiger partial charge in [-0.15, -0.1) is 0 Å². The highest BCUT2D eigenvalue weighted by Gasteiger charge is 2.23. The number of aromatic nitrogens is 6. The predicted molar refractivity (Wildman–Crippen MR) is 290 cm³/mol. The molecule has 0 aliphatic carbocycles. The summed E-state index contributed by atoms with van der Waals surface area (Å²) in [6.45, 7) is 4.47. The van der Waals surface area contributed by atoms with Gasteiger partial charge in [0, 0.05) is 60.5 Å². The molecule has 330 valence electrons. The number of fused-ring (bicyclic) bond motifs is 10. The number of benzene rings is 9. The number of nitrogens with zero attached hydrogens (tertiary/aromatic N) is 6. The Hall–Kier alpha value is -9.59. The first-order valence-electron chi connectivity index (χ1n) is 23.4. The van der Waals surface area contributed by atoms with E-state index in [1.165, 1.54) is 16.3 Å². The van der Waals surface area contributed by atoms with Crippen molar-refractivity contribution in [1.82, 2.24) is 28.7 Å². The Labute approximate surface area is 403 Å². The molecule has 4 heterocycles. The molecular weight excluding hydrogens is 855 g/mol. The van der Waals surface area contributed by atoms with Gasteiger partial charge in [0.05, 0.1) is 33.1 Å². The van der Waals surface area contributed by atoms with Gasteiger partial charge < -0.3 is 14.9 Å². The summed E-state index contributed by atoms with van der Waals surface area (Å²) in [4.78, 5) is 15.5. The van der Waals surface area contributed by atoms with E-state index in [1.54, 1.807) is 0 Å². The van der Waals surface area contributed by atoms with Crippen molar-refractivity contribution in [3.05, 3.63) is 254 Å². The lowest BCUT2D eigenvalue weighted by Gasteiger charge is -2.12. The molecule has 0 aliphatic heterocycles. The fourth-order valence-corrected chi connectivity index (χ4v) is 10.2. The Bertz CT molecular complexity index is 4190. The summed E-state index contributed by atoms with van der Waals surface area (Å²) in [5, 5.41) is 6.84. The van der Waals surface area contributed by atoms with E-state index in [-0.39, 0.29) is 0 Å². The Kier molecular flexibility index (Phi) is 9.66. The first-order chi connectivity index (χ1) is 34.6.